The third-order valence-corrected chi connectivity index (χ3v) is 4.48. The molecule has 0 aliphatic carbocycles. The van der Waals surface area contributed by atoms with Crippen LogP contribution in [0.5, 0.6) is 5.75 Å². The lowest BCUT2D eigenvalue weighted by molar-refractivity contribution is -0.274. The molecule has 0 atom stereocenters. The summed E-state index contributed by atoms with van der Waals surface area (Å²) in [5, 5.41) is 4.05. The van der Waals surface area contributed by atoms with Crippen molar-refractivity contribution in [3.8, 4) is 5.75 Å². The van der Waals surface area contributed by atoms with Gasteiger partial charge < -0.3 is 15.4 Å². The van der Waals surface area contributed by atoms with Crippen molar-refractivity contribution in [3.63, 3.8) is 0 Å². The fraction of sp³-hybridized carbons (Fsp3) is 0.250. The minimum absolute atomic E-state index is 0.130. The molecule has 0 saturated carbocycles. The van der Waals surface area contributed by atoms with Crippen molar-refractivity contribution in [2.45, 2.75) is 25.7 Å². The van der Waals surface area contributed by atoms with E-state index >= 15 is 0 Å². The summed E-state index contributed by atoms with van der Waals surface area (Å²) < 4.78 is 41.9. The predicted molar refractivity (Wildman–Crippen MR) is 102 cm³/mol. The highest BCUT2D eigenvalue weighted by atomic mass is 19.4. The fourth-order valence-electron chi connectivity index (χ4n) is 2.97. The van der Waals surface area contributed by atoms with Gasteiger partial charge in [-0.3, -0.25) is 9.59 Å². The molecule has 0 aliphatic heterocycles. The largest absolute Gasteiger partial charge is 0.573 e. The van der Waals surface area contributed by atoms with E-state index in [1.807, 2.05) is 0 Å². The first-order chi connectivity index (χ1) is 14.1. The second-order valence-corrected chi connectivity index (χ2v) is 6.73. The molecule has 3 rings (SSSR count). The van der Waals surface area contributed by atoms with Crippen LogP contribution in [0.4, 0.5) is 13.2 Å². The number of hydrogen-bond acceptors (Lipinski definition) is 4. The SMILES string of the molecule is CN(Cc1ccn2ncc(C(N)=O)c2c1)C(=O)CCc1ccc(OC(F)(F)F)cc1. The summed E-state index contributed by atoms with van der Waals surface area (Å²) in [6.07, 6.45) is -1.10. The van der Waals surface area contributed by atoms with E-state index in [4.69, 9.17) is 5.73 Å². The van der Waals surface area contributed by atoms with Gasteiger partial charge in [0, 0.05) is 26.2 Å². The highest BCUT2D eigenvalue weighted by molar-refractivity contribution is 5.99. The fourth-order valence-corrected chi connectivity index (χ4v) is 2.97. The lowest BCUT2D eigenvalue weighted by Crippen LogP contribution is -2.26. The van der Waals surface area contributed by atoms with Crippen LogP contribution in [-0.4, -0.2) is 39.7 Å². The average Bonchev–Trinajstić information content (AvgIpc) is 3.09. The number of ether oxygens (including phenoxy) is 1. The maximum Gasteiger partial charge on any atom is 0.573 e. The third-order valence-electron chi connectivity index (χ3n) is 4.48. The number of alkyl halides is 3. The van der Waals surface area contributed by atoms with Gasteiger partial charge in [-0.1, -0.05) is 12.1 Å². The van der Waals surface area contributed by atoms with Gasteiger partial charge in [-0.15, -0.1) is 13.2 Å². The molecular formula is C20H19F3N4O3. The van der Waals surface area contributed by atoms with Crippen molar-refractivity contribution in [2.24, 2.45) is 5.73 Å². The molecule has 0 fully saturated rings. The van der Waals surface area contributed by atoms with Crippen molar-refractivity contribution in [1.29, 1.82) is 0 Å². The Morgan fingerprint density at radius 1 is 1.17 bits per heavy atom. The Bertz CT molecular complexity index is 1060. The highest BCUT2D eigenvalue weighted by Crippen LogP contribution is 2.23. The van der Waals surface area contributed by atoms with Crippen LogP contribution in [0.3, 0.4) is 0 Å². The van der Waals surface area contributed by atoms with Crippen LogP contribution in [0, 0.1) is 0 Å². The molecule has 1 aromatic carbocycles. The van der Waals surface area contributed by atoms with Crippen LogP contribution >= 0.6 is 0 Å². The first-order valence-corrected chi connectivity index (χ1v) is 8.97. The van der Waals surface area contributed by atoms with Crippen LogP contribution in [0.1, 0.15) is 27.9 Å². The Morgan fingerprint density at radius 3 is 2.50 bits per heavy atom. The summed E-state index contributed by atoms with van der Waals surface area (Å²) in [7, 11) is 1.65. The van der Waals surface area contributed by atoms with Gasteiger partial charge in [0.15, 0.2) is 0 Å². The summed E-state index contributed by atoms with van der Waals surface area (Å²) in [5.41, 5.74) is 7.71. The van der Waals surface area contributed by atoms with Gasteiger partial charge in [-0.2, -0.15) is 5.10 Å². The molecule has 2 amide bonds. The standard InChI is InChI=1S/C20H19F3N4O3/c1-26(12-14-8-9-27-17(10-14)16(11-25-27)19(24)29)18(28)7-4-13-2-5-15(6-3-13)30-20(21,22)23/h2-3,5-6,8-11H,4,7,12H2,1H3,(H2,24,29). The molecule has 0 unspecified atom stereocenters. The molecule has 2 heterocycles. The van der Waals surface area contributed by atoms with Crippen LogP contribution in [0.2, 0.25) is 0 Å². The second-order valence-electron chi connectivity index (χ2n) is 6.73. The van der Waals surface area contributed by atoms with Crippen LogP contribution in [-0.2, 0) is 17.8 Å². The van der Waals surface area contributed by atoms with Gasteiger partial charge in [0.2, 0.25) is 5.91 Å². The number of fused-ring (bicyclic) bond motifs is 1. The van der Waals surface area contributed by atoms with E-state index < -0.39 is 12.3 Å². The molecule has 0 aliphatic rings. The zero-order chi connectivity index (χ0) is 21.9. The van der Waals surface area contributed by atoms with Crippen LogP contribution < -0.4 is 10.5 Å². The molecule has 7 nitrogen and oxygen atoms in total. The smallest absolute Gasteiger partial charge is 0.406 e. The van der Waals surface area contributed by atoms with E-state index in [1.54, 1.807) is 25.4 Å². The second kappa shape index (κ2) is 8.44. The molecule has 30 heavy (non-hydrogen) atoms. The number of carbonyl (C=O) groups excluding carboxylic acids is 2. The van der Waals surface area contributed by atoms with Crippen molar-refractivity contribution in [2.75, 3.05) is 7.05 Å². The number of primary amides is 1. The molecule has 0 bridgehead atoms. The molecule has 158 valence electrons. The Labute approximate surface area is 169 Å². The molecule has 0 spiro atoms. The molecule has 0 radical (unpaired) electrons. The first-order valence-electron chi connectivity index (χ1n) is 8.97. The Hall–Kier alpha value is -3.56. The minimum atomic E-state index is -4.74. The number of nitrogens with two attached hydrogens (primary N) is 1. The van der Waals surface area contributed by atoms with Crippen molar-refractivity contribution < 1.29 is 27.5 Å². The Kier molecular flexibility index (Phi) is 5.95. The number of halogens is 3. The van der Waals surface area contributed by atoms with Gasteiger partial charge in [0.05, 0.1) is 17.3 Å². The number of carbonyl (C=O) groups is 2. The van der Waals surface area contributed by atoms with Gasteiger partial charge in [0.25, 0.3) is 5.91 Å². The number of amides is 2. The van der Waals surface area contributed by atoms with Crippen molar-refractivity contribution in [3.05, 3.63) is 65.5 Å². The summed E-state index contributed by atoms with van der Waals surface area (Å²) in [5.74, 6) is -1.02. The third kappa shape index (κ3) is 5.28. The van der Waals surface area contributed by atoms with Gasteiger partial charge >= 0.3 is 6.36 Å². The lowest BCUT2D eigenvalue weighted by atomic mass is 10.1. The van der Waals surface area contributed by atoms with E-state index in [0.717, 1.165) is 11.1 Å². The summed E-state index contributed by atoms with van der Waals surface area (Å²) >= 11 is 0. The number of aromatic nitrogens is 2. The first kappa shape index (κ1) is 21.2. The topological polar surface area (TPSA) is 89.9 Å². The Balaban J connectivity index is 1.58. The number of pyridine rings is 1. The predicted octanol–water partition coefficient (Wildman–Crippen LogP) is 2.92. The quantitative estimate of drug-likeness (QED) is 0.637. The van der Waals surface area contributed by atoms with E-state index in [1.165, 1.54) is 39.9 Å². The van der Waals surface area contributed by atoms with E-state index in [2.05, 4.69) is 9.84 Å². The zero-order valence-electron chi connectivity index (χ0n) is 16.0. The molecule has 2 N–H and O–H groups in total. The molecule has 0 saturated heterocycles. The van der Waals surface area contributed by atoms with Gasteiger partial charge in [-0.05, 0) is 41.8 Å². The number of aryl methyl sites for hydroxylation is 1. The Morgan fingerprint density at radius 2 is 1.87 bits per heavy atom. The minimum Gasteiger partial charge on any atom is -0.406 e. The number of benzene rings is 1. The zero-order valence-corrected chi connectivity index (χ0v) is 16.0. The molecule has 2 aromatic heterocycles. The summed E-state index contributed by atoms with van der Waals surface area (Å²) in [4.78, 5) is 25.4. The maximum absolute atomic E-state index is 12.4. The molecule has 3 aromatic rings. The van der Waals surface area contributed by atoms with E-state index in [-0.39, 0.29) is 18.1 Å². The lowest BCUT2D eigenvalue weighted by Gasteiger charge is -2.17. The number of rotatable bonds is 7. The van der Waals surface area contributed by atoms with Gasteiger partial charge in [0.1, 0.15) is 5.75 Å². The monoisotopic (exact) mass is 420 g/mol. The summed E-state index contributed by atoms with van der Waals surface area (Å²) in [6.45, 7) is 0.317. The maximum atomic E-state index is 12.4. The van der Waals surface area contributed by atoms with E-state index in [9.17, 15) is 22.8 Å². The average molecular weight is 420 g/mol. The van der Waals surface area contributed by atoms with Gasteiger partial charge in [-0.25, -0.2) is 4.52 Å². The normalized spacial score (nSPS) is 11.5. The number of hydrogen-bond donors (Lipinski definition) is 1. The summed E-state index contributed by atoms with van der Waals surface area (Å²) in [6, 6.07) is 8.95. The van der Waals surface area contributed by atoms with Crippen molar-refractivity contribution in [1.82, 2.24) is 14.5 Å². The van der Waals surface area contributed by atoms with Crippen molar-refractivity contribution >= 4 is 17.3 Å². The highest BCUT2D eigenvalue weighted by Gasteiger charge is 2.30. The molecular weight excluding hydrogens is 401 g/mol. The van der Waals surface area contributed by atoms with Crippen LogP contribution in [0.25, 0.3) is 5.52 Å². The number of nitrogens with zero attached hydrogens (tertiary/aromatic N) is 3. The van der Waals surface area contributed by atoms with Crippen LogP contribution in [0.15, 0.2) is 48.8 Å². The van der Waals surface area contributed by atoms with E-state index in [0.29, 0.717) is 24.0 Å². The molecule has 10 heteroatoms.